The molecule has 3 aromatic heterocycles. The summed E-state index contributed by atoms with van der Waals surface area (Å²) in [5, 5.41) is 0. The summed E-state index contributed by atoms with van der Waals surface area (Å²) >= 11 is 0. The van der Waals surface area contributed by atoms with Gasteiger partial charge in [-0.3, -0.25) is 9.56 Å². The van der Waals surface area contributed by atoms with Crippen LogP contribution >= 0.6 is 0 Å². The van der Waals surface area contributed by atoms with E-state index in [0.29, 0.717) is 34.9 Å². The molecule has 0 saturated heterocycles. The number of nitrogens with zero attached hydrogens (tertiary/aromatic N) is 4. The predicted octanol–water partition coefficient (Wildman–Crippen LogP) is 3.07. The fourth-order valence-corrected chi connectivity index (χ4v) is 2.61. The minimum absolute atomic E-state index is 0.215. The Morgan fingerprint density at radius 1 is 1.48 bits per heavy atom. The van der Waals surface area contributed by atoms with Crippen molar-refractivity contribution in [3.05, 3.63) is 52.4 Å². The minimum atomic E-state index is -0.277. The lowest BCUT2D eigenvalue weighted by atomic mass is 10.2. The monoisotopic (exact) mass is 366 g/mol. The molecule has 8 heteroatoms. The highest BCUT2D eigenvalue weighted by Crippen LogP contribution is 2.24. The average Bonchev–Trinajstić information content (AvgIpc) is 3.23. The Kier molecular flexibility index (Phi) is 5.07. The molecule has 140 valence electrons. The topological polar surface area (TPSA) is 115 Å². The fourth-order valence-electron chi connectivity index (χ4n) is 2.61. The Morgan fingerprint density at radius 3 is 2.89 bits per heavy atom. The van der Waals surface area contributed by atoms with Crippen LogP contribution in [0.2, 0.25) is 0 Å². The number of fused-ring (bicyclic) bond motifs is 1. The Hall–Kier alpha value is -3.42. The molecule has 0 radical (unpaired) electrons. The summed E-state index contributed by atoms with van der Waals surface area (Å²) in [6.07, 6.45) is 5.93. The molecule has 0 aliphatic carbocycles. The van der Waals surface area contributed by atoms with Crippen molar-refractivity contribution in [2.45, 2.75) is 33.7 Å². The number of hydrogen-bond acceptors (Lipinski definition) is 6. The number of aromatic amines is 1. The van der Waals surface area contributed by atoms with Gasteiger partial charge in [0.15, 0.2) is 0 Å². The van der Waals surface area contributed by atoms with E-state index in [2.05, 4.69) is 26.5 Å². The number of rotatable bonds is 6. The molecule has 0 aliphatic heterocycles. The first-order chi connectivity index (χ1) is 12.9. The van der Waals surface area contributed by atoms with Gasteiger partial charge >= 0.3 is 5.69 Å². The van der Waals surface area contributed by atoms with Crippen LogP contribution in [0.5, 0.6) is 0 Å². The van der Waals surface area contributed by atoms with E-state index < -0.39 is 0 Å². The molecule has 0 unspecified atom stereocenters. The molecule has 27 heavy (non-hydrogen) atoms. The summed E-state index contributed by atoms with van der Waals surface area (Å²) < 4.78 is 7.07. The molecule has 0 amide bonds. The van der Waals surface area contributed by atoms with Gasteiger partial charge in [-0.15, -0.1) is 0 Å². The average molecular weight is 366 g/mol. The molecule has 3 N–H and O–H groups in total. The second-order valence-electron chi connectivity index (χ2n) is 6.16. The van der Waals surface area contributed by atoms with Crippen molar-refractivity contribution >= 4 is 23.1 Å². The van der Waals surface area contributed by atoms with Crippen molar-refractivity contribution in [2.24, 2.45) is 4.99 Å². The Morgan fingerprint density at radius 2 is 2.26 bits per heavy atom. The quantitative estimate of drug-likeness (QED) is 0.651. The highest BCUT2D eigenvalue weighted by atomic mass is 16.3. The van der Waals surface area contributed by atoms with Crippen LogP contribution in [0, 0.1) is 0 Å². The molecule has 3 rings (SSSR count). The Balaban J connectivity index is 2.09. The Bertz CT molecular complexity index is 1110. The first-order valence-corrected chi connectivity index (χ1v) is 8.61. The maximum atomic E-state index is 12.5. The first kappa shape index (κ1) is 18.4. The Labute approximate surface area is 156 Å². The molecule has 0 fully saturated rings. The second-order valence-corrected chi connectivity index (χ2v) is 6.16. The molecule has 0 aliphatic rings. The largest absolute Gasteiger partial charge is 0.443 e. The van der Waals surface area contributed by atoms with Gasteiger partial charge in [-0.1, -0.05) is 19.6 Å². The zero-order chi connectivity index (χ0) is 19.6. The van der Waals surface area contributed by atoms with Crippen LogP contribution in [0.25, 0.3) is 22.6 Å². The van der Waals surface area contributed by atoms with E-state index in [-0.39, 0.29) is 11.5 Å². The van der Waals surface area contributed by atoms with E-state index in [9.17, 15) is 4.79 Å². The molecule has 0 bridgehead atoms. The highest BCUT2D eigenvalue weighted by molar-refractivity contribution is 5.88. The van der Waals surface area contributed by atoms with E-state index >= 15 is 0 Å². The standard InChI is InChI=1S/C19H22N6O2/c1-5-12(8-21-11(3)4)9-25-15-7-14(18-22-13(6-2)10-27-18)23-17(20)16(15)24-19(25)26/h5,7-8,10H,3,6,9H2,1-2,4H3,(H2,20,23)(H,24,26)/b12-5+,21-8?. The van der Waals surface area contributed by atoms with Crippen molar-refractivity contribution in [1.29, 1.82) is 0 Å². The molecule has 0 atom stereocenters. The zero-order valence-corrected chi connectivity index (χ0v) is 15.6. The summed E-state index contributed by atoms with van der Waals surface area (Å²) in [4.78, 5) is 28.1. The van der Waals surface area contributed by atoms with E-state index in [1.807, 2.05) is 19.9 Å². The van der Waals surface area contributed by atoms with Crippen LogP contribution in [0.3, 0.4) is 0 Å². The number of allylic oxidation sites excluding steroid dienone is 3. The third kappa shape index (κ3) is 3.74. The minimum Gasteiger partial charge on any atom is -0.443 e. The van der Waals surface area contributed by atoms with Gasteiger partial charge in [-0.2, -0.15) is 0 Å². The van der Waals surface area contributed by atoms with Crippen LogP contribution in [-0.2, 0) is 13.0 Å². The number of anilines is 1. The maximum absolute atomic E-state index is 12.5. The fraction of sp³-hybridized carbons (Fsp3) is 0.263. The van der Waals surface area contributed by atoms with E-state index in [4.69, 9.17) is 10.2 Å². The number of imidazole rings is 1. The summed E-state index contributed by atoms with van der Waals surface area (Å²) in [7, 11) is 0. The van der Waals surface area contributed by atoms with Crippen molar-refractivity contribution < 1.29 is 4.42 Å². The molecular weight excluding hydrogens is 344 g/mol. The molecule has 0 spiro atoms. The smallest absolute Gasteiger partial charge is 0.326 e. The van der Waals surface area contributed by atoms with Gasteiger partial charge in [0.2, 0.25) is 5.89 Å². The second kappa shape index (κ2) is 7.45. The van der Waals surface area contributed by atoms with Crippen LogP contribution < -0.4 is 11.4 Å². The van der Waals surface area contributed by atoms with Crippen molar-refractivity contribution in [3.63, 3.8) is 0 Å². The summed E-state index contributed by atoms with van der Waals surface area (Å²) in [6.45, 7) is 9.77. The van der Waals surface area contributed by atoms with Gasteiger partial charge in [0, 0.05) is 11.9 Å². The van der Waals surface area contributed by atoms with E-state index in [1.54, 1.807) is 30.0 Å². The predicted molar refractivity (Wildman–Crippen MR) is 107 cm³/mol. The number of aromatic nitrogens is 4. The summed E-state index contributed by atoms with van der Waals surface area (Å²) in [5.41, 5.74) is 9.75. The molecule has 0 aromatic carbocycles. The number of nitrogens with one attached hydrogen (secondary N) is 1. The molecule has 8 nitrogen and oxygen atoms in total. The van der Waals surface area contributed by atoms with Crippen molar-refractivity contribution in [1.82, 2.24) is 19.5 Å². The first-order valence-electron chi connectivity index (χ1n) is 8.61. The van der Waals surface area contributed by atoms with E-state index in [1.165, 1.54) is 0 Å². The SMILES string of the molecule is C=C(C)N=C/C(=C\C)Cn1c(=O)[nH]c2c(N)nc(-c3nc(CC)co3)cc21. The van der Waals surface area contributed by atoms with Gasteiger partial charge in [0.25, 0.3) is 0 Å². The zero-order valence-electron chi connectivity index (χ0n) is 15.6. The molecule has 0 saturated carbocycles. The lowest BCUT2D eigenvalue weighted by Crippen LogP contribution is -2.18. The summed E-state index contributed by atoms with van der Waals surface area (Å²) in [6, 6.07) is 1.75. The number of H-pyrrole nitrogens is 1. The van der Waals surface area contributed by atoms with Gasteiger partial charge in [-0.25, -0.2) is 14.8 Å². The summed E-state index contributed by atoms with van der Waals surface area (Å²) in [5.74, 6) is 0.586. The van der Waals surface area contributed by atoms with Gasteiger partial charge < -0.3 is 15.1 Å². The number of aryl methyl sites for hydroxylation is 1. The number of pyridine rings is 1. The van der Waals surface area contributed by atoms with Crippen molar-refractivity contribution in [2.75, 3.05) is 5.73 Å². The van der Waals surface area contributed by atoms with Crippen LogP contribution in [0.1, 0.15) is 26.5 Å². The lowest BCUT2D eigenvalue weighted by Gasteiger charge is -2.06. The van der Waals surface area contributed by atoms with Crippen molar-refractivity contribution in [3.8, 4) is 11.6 Å². The molecule has 3 heterocycles. The van der Waals surface area contributed by atoms with Crippen LogP contribution in [0.4, 0.5) is 5.82 Å². The van der Waals surface area contributed by atoms with Crippen LogP contribution in [0.15, 0.2) is 50.5 Å². The number of oxazole rings is 1. The highest BCUT2D eigenvalue weighted by Gasteiger charge is 2.16. The number of nitrogens with two attached hydrogens (primary N) is 1. The van der Waals surface area contributed by atoms with Gasteiger partial charge in [0.05, 0.1) is 17.8 Å². The maximum Gasteiger partial charge on any atom is 0.326 e. The third-order valence-corrected chi connectivity index (χ3v) is 4.09. The van der Waals surface area contributed by atoms with Crippen LogP contribution in [-0.4, -0.2) is 25.7 Å². The van der Waals surface area contributed by atoms with Gasteiger partial charge in [0.1, 0.15) is 23.3 Å². The molecular formula is C19H22N6O2. The third-order valence-electron chi connectivity index (χ3n) is 4.09. The number of hydrogen-bond donors (Lipinski definition) is 2. The number of aliphatic imine (C=N–C) groups is 1. The normalized spacial score (nSPS) is 12.3. The van der Waals surface area contributed by atoms with Gasteiger partial charge in [-0.05, 0) is 31.9 Å². The number of nitrogen functional groups attached to an aromatic ring is 1. The van der Waals surface area contributed by atoms with E-state index in [0.717, 1.165) is 17.7 Å². The lowest BCUT2D eigenvalue weighted by molar-refractivity contribution is 0.570. The molecule has 3 aromatic rings.